The summed E-state index contributed by atoms with van der Waals surface area (Å²) in [6, 6.07) is 5.61. The molecule has 0 saturated heterocycles. The number of hydrogen-bond acceptors (Lipinski definition) is 4. The molecule has 19 heavy (non-hydrogen) atoms. The summed E-state index contributed by atoms with van der Waals surface area (Å²) in [4.78, 5) is 24.4. The first kappa shape index (κ1) is 13.5. The van der Waals surface area contributed by atoms with Crippen molar-refractivity contribution in [3.63, 3.8) is 0 Å². The highest BCUT2D eigenvalue weighted by atomic mass is 16.5. The van der Waals surface area contributed by atoms with Crippen molar-refractivity contribution in [2.75, 3.05) is 19.1 Å². The van der Waals surface area contributed by atoms with Crippen molar-refractivity contribution >= 4 is 17.6 Å². The molecule has 102 valence electrons. The Kier molecular flexibility index (Phi) is 3.85. The first-order valence-electron chi connectivity index (χ1n) is 6.22. The third-order valence-electron chi connectivity index (χ3n) is 3.38. The van der Waals surface area contributed by atoms with Crippen LogP contribution < -0.4 is 10.6 Å². The van der Waals surface area contributed by atoms with Gasteiger partial charge in [-0.1, -0.05) is 12.1 Å². The third kappa shape index (κ3) is 2.93. The van der Waals surface area contributed by atoms with Crippen LogP contribution in [0.5, 0.6) is 0 Å². The maximum Gasteiger partial charge on any atom is 0.307 e. The minimum Gasteiger partial charge on any atom is -0.469 e. The van der Waals surface area contributed by atoms with Crippen molar-refractivity contribution in [3.8, 4) is 0 Å². The summed E-state index contributed by atoms with van der Waals surface area (Å²) in [7, 11) is 3.13. The van der Waals surface area contributed by atoms with Gasteiger partial charge >= 0.3 is 5.97 Å². The van der Waals surface area contributed by atoms with E-state index in [0.29, 0.717) is 12.8 Å². The number of hydrogen-bond donors (Lipinski definition) is 1. The van der Waals surface area contributed by atoms with Gasteiger partial charge in [0.1, 0.15) is 0 Å². The maximum absolute atomic E-state index is 11.6. The van der Waals surface area contributed by atoms with Crippen LogP contribution in [0.1, 0.15) is 17.5 Å². The number of fused-ring (bicyclic) bond motifs is 1. The molecule has 1 amide bonds. The highest BCUT2D eigenvalue weighted by Crippen LogP contribution is 2.28. The molecule has 0 radical (unpaired) electrons. The molecule has 2 rings (SSSR count). The van der Waals surface area contributed by atoms with Gasteiger partial charge in [-0.2, -0.15) is 0 Å². The van der Waals surface area contributed by atoms with Crippen LogP contribution in [-0.2, 0) is 27.2 Å². The Bertz CT molecular complexity index is 513. The lowest BCUT2D eigenvalue weighted by molar-refractivity contribution is -0.141. The van der Waals surface area contributed by atoms with Gasteiger partial charge in [0.25, 0.3) is 0 Å². The van der Waals surface area contributed by atoms with Crippen LogP contribution in [0.2, 0.25) is 0 Å². The Labute approximate surface area is 112 Å². The minimum absolute atomic E-state index is 0.103. The minimum atomic E-state index is -0.302. The molecule has 0 bridgehead atoms. The van der Waals surface area contributed by atoms with Crippen molar-refractivity contribution in [3.05, 3.63) is 29.3 Å². The van der Waals surface area contributed by atoms with Crippen molar-refractivity contribution in [2.45, 2.75) is 25.3 Å². The zero-order chi connectivity index (χ0) is 14.0. The maximum atomic E-state index is 11.6. The van der Waals surface area contributed by atoms with E-state index in [0.717, 1.165) is 16.8 Å². The Morgan fingerprint density at radius 2 is 2.26 bits per heavy atom. The van der Waals surface area contributed by atoms with Crippen LogP contribution >= 0.6 is 0 Å². The molecule has 1 unspecified atom stereocenters. The van der Waals surface area contributed by atoms with Crippen molar-refractivity contribution in [2.24, 2.45) is 5.73 Å². The summed E-state index contributed by atoms with van der Waals surface area (Å²) >= 11 is 0. The van der Waals surface area contributed by atoms with Crippen LogP contribution in [-0.4, -0.2) is 32.1 Å². The molecule has 1 atom stereocenters. The smallest absolute Gasteiger partial charge is 0.307 e. The van der Waals surface area contributed by atoms with Gasteiger partial charge in [0.15, 0.2) is 0 Å². The van der Waals surface area contributed by atoms with E-state index in [1.165, 1.54) is 7.11 Å². The molecule has 1 aliphatic rings. The van der Waals surface area contributed by atoms with E-state index >= 15 is 0 Å². The van der Waals surface area contributed by atoms with Gasteiger partial charge in [-0.15, -0.1) is 0 Å². The number of nitrogens with zero attached hydrogens (tertiary/aromatic N) is 1. The van der Waals surface area contributed by atoms with Crippen molar-refractivity contribution in [1.82, 2.24) is 0 Å². The number of esters is 1. The zero-order valence-electron chi connectivity index (χ0n) is 11.2. The van der Waals surface area contributed by atoms with Gasteiger partial charge < -0.3 is 15.4 Å². The fraction of sp³-hybridized carbons (Fsp3) is 0.429. The van der Waals surface area contributed by atoms with E-state index in [-0.39, 0.29) is 24.3 Å². The van der Waals surface area contributed by atoms with Crippen LogP contribution in [0.3, 0.4) is 0 Å². The average molecular weight is 262 g/mol. The molecular formula is C14H18N2O3. The third-order valence-corrected chi connectivity index (χ3v) is 3.38. The number of amides is 1. The molecule has 1 aromatic rings. The fourth-order valence-corrected chi connectivity index (χ4v) is 2.32. The average Bonchev–Trinajstić information content (AvgIpc) is 2.64. The molecule has 0 fully saturated rings. The van der Waals surface area contributed by atoms with E-state index in [2.05, 4.69) is 4.74 Å². The monoisotopic (exact) mass is 262 g/mol. The number of carbonyl (C=O) groups is 2. The van der Waals surface area contributed by atoms with Crippen molar-refractivity contribution < 1.29 is 14.3 Å². The summed E-state index contributed by atoms with van der Waals surface area (Å²) in [5.41, 5.74) is 8.92. The predicted octanol–water partition coefficient (Wildman–Crippen LogP) is 0.638. The first-order chi connectivity index (χ1) is 9.01. The Morgan fingerprint density at radius 1 is 1.53 bits per heavy atom. The first-order valence-corrected chi connectivity index (χ1v) is 6.22. The second-order valence-electron chi connectivity index (χ2n) is 4.84. The van der Waals surface area contributed by atoms with E-state index in [1.54, 1.807) is 11.9 Å². The van der Waals surface area contributed by atoms with Gasteiger partial charge in [0.05, 0.1) is 20.0 Å². The molecule has 5 nitrogen and oxygen atoms in total. The van der Waals surface area contributed by atoms with Gasteiger partial charge in [0.2, 0.25) is 5.91 Å². The largest absolute Gasteiger partial charge is 0.469 e. The molecule has 1 aromatic carbocycles. The predicted molar refractivity (Wildman–Crippen MR) is 71.9 cm³/mol. The van der Waals surface area contributed by atoms with Crippen LogP contribution in [0, 0.1) is 0 Å². The number of rotatable bonds is 4. The number of benzene rings is 1. The molecule has 1 heterocycles. The number of likely N-dealkylation sites (N-methyl/N-ethyl adjacent to an activating group) is 1. The van der Waals surface area contributed by atoms with Gasteiger partial charge in [0, 0.05) is 18.8 Å². The summed E-state index contributed by atoms with van der Waals surface area (Å²) in [6.07, 6.45) is 1.23. The summed E-state index contributed by atoms with van der Waals surface area (Å²) in [5.74, 6) is -0.199. The molecule has 2 N–H and O–H groups in total. The van der Waals surface area contributed by atoms with Gasteiger partial charge in [-0.25, -0.2) is 0 Å². The summed E-state index contributed by atoms with van der Waals surface area (Å²) in [5, 5.41) is 0. The number of anilines is 1. The van der Waals surface area contributed by atoms with Crippen molar-refractivity contribution in [1.29, 1.82) is 0 Å². The number of carbonyl (C=O) groups excluding carboxylic acids is 2. The van der Waals surface area contributed by atoms with Crippen LogP contribution in [0.4, 0.5) is 5.69 Å². The Balaban J connectivity index is 2.06. The number of methoxy groups -OCH3 is 1. The molecule has 0 saturated carbocycles. The summed E-state index contributed by atoms with van der Waals surface area (Å²) in [6.45, 7) is 0. The Hall–Kier alpha value is -1.88. The van der Waals surface area contributed by atoms with Crippen LogP contribution in [0.25, 0.3) is 0 Å². The molecule has 0 aromatic heterocycles. The normalized spacial score (nSPS) is 15.3. The fourth-order valence-electron chi connectivity index (χ4n) is 2.32. The van der Waals surface area contributed by atoms with E-state index in [4.69, 9.17) is 5.73 Å². The van der Waals surface area contributed by atoms with E-state index in [9.17, 15) is 9.59 Å². The zero-order valence-corrected chi connectivity index (χ0v) is 11.2. The molecule has 5 heteroatoms. The lowest BCUT2D eigenvalue weighted by Gasteiger charge is -2.13. The Morgan fingerprint density at radius 3 is 2.95 bits per heavy atom. The van der Waals surface area contributed by atoms with Gasteiger partial charge in [-0.05, 0) is 23.6 Å². The van der Waals surface area contributed by atoms with E-state index in [1.807, 2.05) is 18.2 Å². The molecule has 0 aliphatic carbocycles. The molecule has 0 spiro atoms. The standard InChI is InChI=1S/C14H18N2O3/c1-16-12-4-3-9(5-10(12)7-13(16)17)6-11(15)8-14(18)19-2/h3-5,11H,6-8,15H2,1-2H3. The van der Waals surface area contributed by atoms with E-state index < -0.39 is 0 Å². The second-order valence-corrected chi connectivity index (χ2v) is 4.84. The number of ether oxygens (including phenoxy) is 1. The van der Waals surface area contributed by atoms with Gasteiger partial charge in [-0.3, -0.25) is 9.59 Å². The number of nitrogens with two attached hydrogens (primary N) is 1. The van der Waals surface area contributed by atoms with Crippen LogP contribution in [0.15, 0.2) is 18.2 Å². The second kappa shape index (κ2) is 5.40. The quantitative estimate of drug-likeness (QED) is 0.808. The SMILES string of the molecule is COC(=O)CC(N)Cc1ccc2c(c1)CC(=O)N2C. The highest BCUT2D eigenvalue weighted by Gasteiger charge is 2.24. The molecule has 1 aliphatic heterocycles. The highest BCUT2D eigenvalue weighted by molar-refractivity contribution is 6.00. The molecular weight excluding hydrogens is 244 g/mol. The lowest BCUT2D eigenvalue weighted by atomic mass is 10.0. The summed E-state index contributed by atoms with van der Waals surface area (Å²) < 4.78 is 4.59. The lowest BCUT2D eigenvalue weighted by Crippen LogP contribution is -2.26. The topological polar surface area (TPSA) is 72.6 Å².